The van der Waals surface area contributed by atoms with Crippen LogP contribution in [0.25, 0.3) is 0 Å². The van der Waals surface area contributed by atoms with Gasteiger partial charge in [-0.15, -0.1) is 0 Å². The summed E-state index contributed by atoms with van der Waals surface area (Å²) < 4.78 is 5.45. The Hall–Kier alpha value is -1.10. The molecule has 0 aromatic heterocycles. The van der Waals surface area contributed by atoms with E-state index in [9.17, 15) is 5.11 Å². The van der Waals surface area contributed by atoms with E-state index in [2.05, 4.69) is 5.32 Å². The van der Waals surface area contributed by atoms with Crippen molar-refractivity contribution in [3.8, 4) is 5.75 Å². The smallest absolute Gasteiger partial charge is 0.119 e. The lowest BCUT2D eigenvalue weighted by molar-refractivity contribution is 0.00244. The van der Waals surface area contributed by atoms with E-state index in [1.807, 2.05) is 30.3 Å². The monoisotopic (exact) mass is 225 g/mol. The molecular formula is C12H19NO3. The summed E-state index contributed by atoms with van der Waals surface area (Å²) in [6.07, 6.45) is 0. The van der Waals surface area contributed by atoms with Crippen LogP contribution in [0.4, 0.5) is 0 Å². The molecule has 1 aromatic carbocycles. The van der Waals surface area contributed by atoms with Crippen LogP contribution in [0.5, 0.6) is 5.75 Å². The van der Waals surface area contributed by atoms with Gasteiger partial charge < -0.3 is 20.3 Å². The molecule has 0 fully saturated rings. The Labute approximate surface area is 95.9 Å². The first kappa shape index (κ1) is 13.0. The molecule has 4 heteroatoms. The van der Waals surface area contributed by atoms with Crippen molar-refractivity contribution in [1.29, 1.82) is 0 Å². The number of hydrogen-bond donors (Lipinski definition) is 3. The zero-order chi connectivity index (χ0) is 11.9. The van der Waals surface area contributed by atoms with Gasteiger partial charge in [-0.25, -0.2) is 0 Å². The molecule has 16 heavy (non-hydrogen) atoms. The van der Waals surface area contributed by atoms with Crippen LogP contribution in [0, 0.1) is 0 Å². The Bertz CT molecular complexity index is 288. The van der Waals surface area contributed by atoms with Gasteiger partial charge in [0.05, 0.1) is 12.2 Å². The second kappa shape index (κ2) is 6.48. The van der Waals surface area contributed by atoms with Crippen LogP contribution >= 0.6 is 0 Å². The van der Waals surface area contributed by atoms with Crippen molar-refractivity contribution in [1.82, 2.24) is 5.32 Å². The van der Waals surface area contributed by atoms with E-state index in [1.54, 1.807) is 6.92 Å². The molecule has 0 radical (unpaired) electrons. The summed E-state index contributed by atoms with van der Waals surface area (Å²) >= 11 is 0. The molecule has 90 valence electrons. The van der Waals surface area contributed by atoms with E-state index < -0.39 is 5.60 Å². The molecule has 1 aromatic rings. The maximum atomic E-state index is 9.49. The molecular weight excluding hydrogens is 206 g/mol. The van der Waals surface area contributed by atoms with Gasteiger partial charge in [0.2, 0.25) is 0 Å². The molecule has 1 rings (SSSR count). The SMILES string of the molecule is CC(O)(CO)CNCCOc1ccccc1. The van der Waals surface area contributed by atoms with Crippen LogP contribution in [0.15, 0.2) is 30.3 Å². The molecule has 4 nitrogen and oxygen atoms in total. The lowest BCUT2D eigenvalue weighted by Crippen LogP contribution is -2.42. The summed E-state index contributed by atoms with van der Waals surface area (Å²) in [5.41, 5.74) is -1.06. The second-order valence-corrected chi connectivity index (χ2v) is 3.99. The van der Waals surface area contributed by atoms with E-state index in [0.29, 0.717) is 19.7 Å². The molecule has 0 bridgehead atoms. The molecule has 0 spiro atoms. The van der Waals surface area contributed by atoms with Gasteiger partial charge in [-0.1, -0.05) is 18.2 Å². The molecule has 0 aliphatic rings. The Morgan fingerprint density at radius 3 is 2.62 bits per heavy atom. The quantitative estimate of drug-likeness (QED) is 0.588. The van der Waals surface area contributed by atoms with Crippen molar-refractivity contribution in [2.45, 2.75) is 12.5 Å². The van der Waals surface area contributed by atoms with Gasteiger partial charge in [0.1, 0.15) is 12.4 Å². The summed E-state index contributed by atoms with van der Waals surface area (Å²) in [5.74, 6) is 0.832. The van der Waals surface area contributed by atoms with Crippen LogP contribution in [0.2, 0.25) is 0 Å². The summed E-state index contributed by atoms with van der Waals surface area (Å²) in [6, 6.07) is 9.55. The number of nitrogens with one attached hydrogen (secondary N) is 1. The second-order valence-electron chi connectivity index (χ2n) is 3.99. The third-order valence-corrected chi connectivity index (χ3v) is 2.14. The number of benzene rings is 1. The number of aliphatic hydroxyl groups excluding tert-OH is 1. The minimum Gasteiger partial charge on any atom is -0.492 e. The Balaban J connectivity index is 2.09. The highest BCUT2D eigenvalue weighted by atomic mass is 16.5. The summed E-state index contributed by atoms with van der Waals surface area (Å²) in [4.78, 5) is 0. The highest BCUT2D eigenvalue weighted by Gasteiger charge is 2.17. The highest BCUT2D eigenvalue weighted by molar-refractivity contribution is 5.20. The lowest BCUT2D eigenvalue weighted by atomic mass is 10.1. The maximum Gasteiger partial charge on any atom is 0.119 e. The number of aliphatic hydroxyl groups is 2. The summed E-state index contributed by atoms with van der Waals surface area (Å²) in [6.45, 7) is 2.84. The van der Waals surface area contributed by atoms with Crippen molar-refractivity contribution >= 4 is 0 Å². The lowest BCUT2D eigenvalue weighted by Gasteiger charge is -2.20. The molecule has 1 unspecified atom stereocenters. The molecule has 3 N–H and O–H groups in total. The highest BCUT2D eigenvalue weighted by Crippen LogP contribution is 2.07. The third kappa shape index (κ3) is 5.11. The van der Waals surface area contributed by atoms with E-state index in [1.165, 1.54) is 0 Å². The van der Waals surface area contributed by atoms with Gasteiger partial charge in [0, 0.05) is 13.1 Å². The summed E-state index contributed by atoms with van der Waals surface area (Å²) in [7, 11) is 0. The van der Waals surface area contributed by atoms with Crippen molar-refractivity contribution in [2.75, 3.05) is 26.3 Å². The van der Waals surface area contributed by atoms with Gasteiger partial charge >= 0.3 is 0 Å². The van der Waals surface area contributed by atoms with Crippen molar-refractivity contribution < 1.29 is 14.9 Å². The van der Waals surface area contributed by atoms with E-state index >= 15 is 0 Å². The zero-order valence-electron chi connectivity index (χ0n) is 9.52. The van der Waals surface area contributed by atoms with E-state index in [-0.39, 0.29) is 6.61 Å². The van der Waals surface area contributed by atoms with Crippen molar-refractivity contribution in [2.24, 2.45) is 0 Å². The fourth-order valence-corrected chi connectivity index (χ4v) is 1.17. The predicted molar refractivity (Wildman–Crippen MR) is 62.5 cm³/mol. The van der Waals surface area contributed by atoms with Gasteiger partial charge in [0.15, 0.2) is 0 Å². The minimum absolute atomic E-state index is 0.250. The fraction of sp³-hybridized carbons (Fsp3) is 0.500. The van der Waals surface area contributed by atoms with Gasteiger partial charge in [-0.3, -0.25) is 0 Å². The Morgan fingerprint density at radius 2 is 2.00 bits per heavy atom. The zero-order valence-corrected chi connectivity index (χ0v) is 9.52. The average molecular weight is 225 g/mol. The normalized spacial score (nSPS) is 14.4. The minimum atomic E-state index is -1.06. The molecule has 0 amide bonds. The largest absolute Gasteiger partial charge is 0.492 e. The Morgan fingerprint density at radius 1 is 1.31 bits per heavy atom. The number of para-hydroxylation sites is 1. The molecule has 0 aliphatic carbocycles. The predicted octanol–water partition coefficient (Wildman–Crippen LogP) is 0.398. The molecule has 0 saturated heterocycles. The van der Waals surface area contributed by atoms with Gasteiger partial charge in [-0.2, -0.15) is 0 Å². The number of ether oxygens (including phenoxy) is 1. The average Bonchev–Trinajstić information content (AvgIpc) is 2.30. The fourth-order valence-electron chi connectivity index (χ4n) is 1.17. The van der Waals surface area contributed by atoms with Crippen LogP contribution in [-0.4, -0.2) is 42.1 Å². The topological polar surface area (TPSA) is 61.7 Å². The molecule has 0 heterocycles. The molecule has 1 atom stereocenters. The first-order chi connectivity index (χ1) is 7.64. The van der Waals surface area contributed by atoms with E-state index in [0.717, 1.165) is 5.75 Å². The van der Waals surface area contributed by atoms with Crippen molar-refractivity contribution in [3.63, 3.8) is 0 Å². The maximum absolute atomic E-state index is 9.49. The van der Waals surface area contributed by atoms with Crippen LogP contribution in [-0.2, 0) is 0 Å². The van der Waals surface area contributed by atoms with E-state index in [4.69, 9.17) is 9.84 Å². The first-order valence-electron chi connectivity index (χ1n) is 5.36. The number of hydrogen-bond acceptors (Lipinski definition) is 4. The molecule has 0 saturated carbocycles. The van der Waals surface area contributed by atoms with Crippen molar-refractivity contribution in [3.05, 3.63) is 30.3 Å². The van der Waals surface area contributed by atoms with Crippen LogP contribution < -0.4 is 10.1 Å². The summed E-state index contributed by atoms with van der Waals surface area (Å²) in [5, 5.41) is 21.3. The third-order valence-electron chi connectivity index (χ3n) is 2.14. The standard InChI is InChI=1S/C12H19NO3/c1-12(15,10-14)9-13-7-8-16-11-5-3-2-4-6-11/h2-6,13-15H,7-10H2,1H3. The molecule has 0 aliphatic heterocycles. The number of rotatable bonds is 7. The Kier molecular flexibility index (Phi) is 5.25. The van der Waals surface area contributed by atoms with Crippen LogP contribution in [0.1, 0.15) is 6.92 Å². The first-order valence-corrected chi connectivity index (χ1v) is 5.36. The van der Waals surface area contributed by atoms with Gasteiger partial charge in [-0.05, 0) is 19.1 Å². The van der Waals surface area contributed by atoms with Crippen LogP contribution in [0.3, 0.4) is 0 Å². The van der Waals surface area contributed by atoms with Gasteiger partial charge in [0.25, 0.3) is 0 Å².